The topological polar surface area (TPSA) is 66.4 Å². The molecule has 0 spiro atoms. The Kier molecular flexibility index (Phi) is 5.00. The summed E-state index contributed by atoms with van der Waals surface area (Å²) >= 11 is 0. The summed E-state index contributed by atoms with van der Waals surface area (Å²) in [6.07, 6.45) is -0.170. The average molecular weight is 323 g/mol. The van der Waals surface area contributed by atoms with E-state index in [-0.39, 0.29) is 12.0 Å². The summed E-state index contributed by atoms with van der Waals surface area (Å²) in [5, 5.41) is 11.3. The molecule has 0 unspecified atom stereocenters. The lowest BCUT2D eigenvalue weighted by Crippen LogP contribution is -2.42. The van der Waals surface area contributed by atoms with Gasteiger partial charge in [0.05, 0.1) is 0 Å². The molecule has 1 atom stereocenters. The molecule has 0 fully saturated rings. The van der Waals surface area contributed by atoms with Crippen LogP contribution in [0.15, 0.2) is 42.5 Å². The third-order valence-corrected chi connectivity index (χ3v) is 3.06. The molecule has 2 N–H and O–H groups in total. The van der Waals surface area contributed by atoms with Gasteiger partial charge in [0.1, 0.15) is 23.5 Å². The molecule has 23 heavy (non-hydrogen) atoms. The van der Waals surface area contributed by atoms with Crippen molar-refractivity contribution < 1.29 is 27.9 Å². The Bertz CT molecular complexity index is 729. The molecule has 0 aliphatic heterocycles. The molecule has 2 rings (SSSR count). The van der Waals surface area contributed by atoms with E-state index >= 15 is 0 Å². The van der Waals surface area contributed by atoms with Crippen LogP contribution < -0.4 is 5.32 Å². The second-order valence-electron chi connectivity index (χ2n) is 4.86. The van der Waals surface area contributed by atoms with Crippen molar-refractivity contribution in [3.05, 3.63) is 71.0 Å². The highest BCUT2D eigenvalue weighted by atomic mass is 19.1. The van der Waals surface area contributed by atoms with Crippen molar-refractivity contribution in [3.63, 3.8) is 0 Å². The van der Waals surface area contributed by atoms with Crippen molar-refractivity contribution in [3.8, 4) is 0 Å². The van der Waals surface area contributed by atoms with Gasteiger partial charge in [-0.15, -0.1) is 0 Å². The molecule has 7 heteroatoms. The minimum Gasteiger partial charge on any atom is -0.480 e. The van der Waals surface area contributed by atoms with Gasteiger partial charge in [0.25, 0.3) is 5.91 Å². The molecule has 0 aliphatic carbocycles. The first-order chi connectivity index (χ1) is 10.8. The molecule has 2 aromatic rings. The lowest BCUT2D eigenvalue weighted by atomic mass is 10.1. The van der Waals surface area contributed by atoms with Crippen LogP contribution >= 0.6 is 0 Å². The third-order valence-electron chi connectivity index (χ3n) is 3.06. The molecular formula is C16H12F3NO3. The number of carboxylic acid groups (broad SMARTS) is 1. The minimum atomic E-state index is -1.37. The Morgan fingerprint density at radius 3 is 2.22 bits per heavy atom. The van der Waals surface area contributed by atoms with Crippen LogP contribution in [0.5, 0.6) is 0 Å². The quantitative estimate of drug-likeness (QED) is 0.888. The zero-order valence-corrected chi connectivity index (χ0v) is 11.7. The highest BCUT2D eigenvalue weighted by molar-refractivity contribution is 5.96. The Balaban J connectivity index is 2.15. The van der Waals surface area contributed by atoms with E-state index in [2.05, 4.69) is 5.32 Å². The van der Waals surface area contributed by atoms with E-state index in [1.54, 1.807) is 0 Å². The van der Waals surface area contributed by atoms with Crippen molar-refractivity contribution >= 4 is 11.9 Å². The van der Waals surface area contributed by atoms with Gasteiger partial charge >= 0.3 is 5.97 Å². The SMILES string of the molecule is O=C(N[C@H](Cc1cccc(F)c1)C(=O)O)c1cc(F)cc(F)c1. The second kappa shape index (κ2) is 6.95. The fraction of sp³-hybridized carbons (Fsp3) is 0.125. The van der Waals surface area contributed by atoms with Gasteiger partial charge in [0.15, 0.2) is 0 Å². The number of rotatable bonds is 5. The fourth-order valence-corrected chi connectivity index (χ4v) is 2.03. The maximum absolute atomic E-state index is 13.1. The number of aliphatic carboxylic acids is 1. The lowest BCUT2D eigenvalue weighted by molar-refractivity contribution is -0.139. The number of amides is 1. The Morgan fingerprint density at radius 2 is 1.65 bits per heavy atom. The summed E-state index contributed by atoms with van der Waals surface area (Å²) in [5.74, 6) is -4.73. The van der Waals surface area contributed by atoms with E-state index in [0.717, 1.165) is 18.2 Å². The first kappa shape index (κ1) is 16.5. The summed E-state index contributed by atoms with van der Waals surface area (Å²) in [4.78, 5) is 23.2. The molecule has 0 heterocycles. The third kappa shape index (κ3) is 4.57. The van der Waals surface area contributed by atoms with Crippen molar-refractivity contribution in [1.29, 1.82) is 0 Å². The van der Waals surface area contributed by atoms with Crippen LogP contribution in [0, 0.1) is 17.5 Å². The van der Waals surface area contributed by atoms with Crippen LogP contribution in [0.1, 0.15) is 15.9 Å². The van der Waals surface area contributed by atoms with Crippen LogP contribution in [0.25, 0.3) is 0 Å². The molecule has 0 radical (unpaired) electrons. The van der Waals surface area contributed by atoms with Gasteiger partial charge in [-0.3, -0.25) is 4.79 Å². The fourth-order valence-electron chi connectivity index (χ4n) is 2.03. The van der Waals surface area contributed by atoms with Crippen LogP contribution in [0.4, 0.5) is 13.2 Å². The van der Waals surface area contributed by atoms with Crippen molar-refractivity contribution in [1.82, 2.24) is 5.32 Å². The van der Waals surface area contributed by atoms with E-state index in [4.69, 9.17) is 5.11 Å². The van der Waals surface area contributed by atoms with Gasteiger partial charge in [0.2, 0.25) is 0 Å². The number of nitrogens with one attached hydrogen (secondary N) is 1. The van der Waals surface area contributed by atoms with Gasteiger partial charge in [-0.05, 0) is 29.8 Å². The smallest absolute Gasteiger partial charge is 0.326 e. The highest BCUT2D eigenvalue weighted by Gasteiger charge is 2.22. The predicted octanol–water partition coefficient (Wildman–Crippen LogP) is 2.53. The standard InChI is InChI=1S/C16H12F3NO3/c17-11-3-1-2-9(4-11)5-14(16(22)23)20-15(21)10-6-12(18)8-13(19)7-10/h1-4,6-8,14H,5H2,(H,20,21)(H,22,23)/t14-/m1/s1. The number of benzene rings is 2. The van der Waals surface area contributed by atoms with Crippen LogP contribution in [-0.4, -0.2) is 23.0 Å². The molecular weight excluding hydrogens is 311 g/mol. The number of hydrogen-bond donors (Lipinski definition) is 2. The minimum absolute atomic E-state index is 0.170. The maximum atomic E-state index is 13.1. The largest absolute Gasteiger partial charge is 0.480 e. The first-order valence-corrected chi connectivity index (χ1v) is 6.59. The van der Waals surface area contributed by atoms with Gasteiger partial charge in [-0.1, -0.05) is 12.1 Å². The van der Waals surface area contributed by atoms with Crippen LogP contribution in [-0.2, 0) is 11.2 Å². The molecule has 0 aromatic heterocycles. The molecule has 1 amide bonds. The van der Waals surface area contributed by atoms with Crippen molar-refractivity contribution in [2.75, 3.05) is 0 Å². The maximum Gasteiger partial charge on any atom is 0.326 e. The predicted molar refractivity (Wildman–Crippen MR) is 75.4 cm³/mol. The van der Waals surface area contributed by atoms with E-state index in [9.17, 15) is 22.8 Å². The zero-order valence-electron chi connectivity index (χ0n) is 11.7. The zero-order chi connectivity index (χ0) is 17.0. The van der Waals surface area contributed by atoms with Gasteiger partial charge in [-0.2, -0.15) is 0 Å². The van der Waals surface area contributed by atoms with Crippen molar-refractivity contribution in [2.24, 2.45) is 0 Å². The summed E-state index contributed by atoms with van der Waals surface area (Å²) in [7, 11) is 0. The second-order valence-corrected chi connectivity index (χ2v) is 4.86. The normalized spacial score (nSPS) is 11.8. The van der Waals surface area contributed by atoms with Crippen LogP contribution in [0.3, 0.4) is 0 Å². The van der Waals surface area contributed by atoms with E-state index in [1.165, 1.54) is 18.2 Å². The van der Waals surface area contributed by atoms with Gasteiger partial charge in [-0.25, -0.2) is 18.0 Å². The lowest BCUT2D eigenvalue weighted by Gasteiger charge is -2.15. The summed E-state index contributed by atoms with van der Waals surface area (Å²) in [6.45, 7) is 0. The van der Waals surface area contributed by atoms with E-state index in [0.29, 0.717) is 11.6 Å². The summed E-state index contributed by atoms with van der Waals surface area (Å²) in [5.41, 5.74) is 0.0242. The monoisotopic (exact) mass is 323 g/mol. The highest BCUT2D eigenvalue weighted by Crippen LogP contribution is 2.10. The van der Waals surface area contributed by atoms with Gasteiger partial charge < -0.3 is 10.4 Å². The summed E-state index contributed by atoms with van der Waals surface area (Å²) < 4.78 is 39.3. The van der Waals surface area contributed by atoms with Gasteiger partial charge in [0, 0.05) is 18.1 Å². The van der Waals surface area contributed by atoms with Crippen LogP contribution in [0.2, 0.25) is 0 Å². The number of carboxylic acids is 1. The Labute approximate surface area is 129 Å². The van der Waals surface area contributed by atoms with E-state index < -0.39 is 35.4 Å². The average Bonchev–Trinajstić information content (AvgIpc) is 2.45. The number of carbonyl (C=O) groups is 2. The number of hydrogen-bond acceptors (Lipinski definition) is 2. The Hall–Kier alpha value is -2.83. The molecule has 0 saturated carbocycles. The van der Waals surface area contributed by atoms with E-state index in [1.807, 2.05) is 0 Å². The molecule has 120 valence electrons. The molecule has 0 aliphatic rings. The first-order valence-electron chi connectivity index (χ1n) is 6.59. The molecule has 0 bridgehead atoms. The molecule has 4 nitrogen and oxygen atoms in total. The summed E-state index contributed by atoms with van der Waals surface area (Å²) in [6, 6.07) is 6.07. The number of carbonyl (C=O) groups excluding carboxylic acids is 1. The van der Waals surface area contributed by atoms with Crippen molar-refractivity contribution in [2.45, 2.75) is 12.5 Å². The molecule has 2 aromatic carbocycles. The molecule has 0 saturated heterocycles. The number of halogens is 3. The Morgan fingerprint density at radius 1 is 1.00 bits per heavy atom.